The van der Waals surface area contributed by atoms with Gasteiger partial charge in [-0.15, -0.1) is 0 Å². The summed E-state index contributed by atoms with van der Waals surface area (Å²) in [6, 6.07) is 0. The summed E-state index contributed by atoms with van der Waals surface area (Å²) in [7, 11) is 0. The Morgan fingerprint density at radius 1 is 1.11 bits per heavy atom. The van der Waals surface area contributed by atoms with Crippen molar-refractivity contribution in [1.82, 2.24) is 10.6 Å². The summed E-state index contributed by atoms with van der Waals surface area (Å²) in [5.41, 5.74) is 0. The fourth-order valence-corrected chi connectivity index (χ4v) is 0.773. The Labute approximate surface area is 60.5 Å². The molecule has 0 radical (unpaired) electrons. The lowest BCUT2D eigenvalue weighted by Gasteiger charge is -2.08. The maximum atomic E-state index is 10.3. The van der Waals surface area contributed by atoms with E-state index in [4.69, 9.17) is 23.2 Å². The minimum Gasteiger partial charge on any atom is -0.299 e. The Hall–Kier alpha value is -0.480. The van der Waals surface area contributed by atoms with Gasteiger partial charge in [0.05, 0.1) is 0 Å². The van der Waals surface area contributed by atoms with E-state index in [-0.39, 0.29) is 0 Å². The number of nitrogens with one attached hydrogen (secondary N) is 2. The molecular weight excluding hydrogens is 167 g/mol. The topological polar surface area (TPSA) is 58.2 Å². The highest BCUT2D eigenvalue weighted by Gasteiger charge is 2.39. The van der Waals surface area contributed by atoms with Gasteiger partial charge in [-0.05, 0) is 0 Å². The molecule has 6 heteroatoms. The number of halogens is 2. The molecule has 0 aliphatic carbocycles. The second kappa shape index (κ2) is 1.75. The van der Waals surface area contributed by atoms with Crippen molar-refractivity contribution in [3.63, 3.8) is 0 Å². The standard InChI is InChI=1S/C3H2Cl2N2O2/c4-3(5)6-1(8)2(9)7-3/h(H,6,8)(H,7,9). The van der Waals surface area contributed by atoms with E-state index in [2.05, 4.69) is 0 Å². The van der Waals surface area contributed by atoms with E-state index in [1.165, 1.54) is 0 Å². The normalized spacial score (nSPS) is 23.3. The first-order valence-corrected chi connectivity index (χ1v) is 2.79. The Morgan fingerprint density at radius 3 is 1.56 bits per heavy atom. The smallest absolute Gasteiger partial charge is 0.299 e. The number of carbonyl (C=O) groups excluding carboxylic acids is 2. The third kappa shape index (κ3) is 1.25. The first-order valence-electron chi connectivity index (χ1n) is 2.04. The van der Waals surface area contributed by atoms with E-state index < -0.39 is 16.4 Å². The zero-order valence-corrected chi connectivity index (χ0v) is 5.58. The van der Waals surface area contributed by atoms with E-state index in [9.17, 15) is 9.59 Å². The van der Waals surface area contributed by atoms with E-state index in [0.29, 0.717) is 0 Å². The number of hydrogen-bond acceptors (Lipinski definition) is 2. The molecule has 0 aromatic rings. The predicted molar refractivity (Wildman–Crippen MR) is 30.7 cm³/mol. The van der Waals surface area contributed by atoms with Crippen LogP contribution in [0.15, 0.2) is 0 Å². The molecule has 50 valence electrons. The van der Waals surface area contributed by atoms with Crippen LogP contribution in [0.25, 0.3) is 0 Å². The van der Waals surface area contributed by atoms with E-state index >= 15 is 0 Å². The molecule has 1 aliphatic heterocycles. The van der Waals surface area contributed by atoms with Crippen LogP contribution >= 0.6 is 23.2 Å². The second-order valence-electron chi connectivity index (χ2n) is 1.48. The first-order chi connectivity index (χ1) is 4.01. The minimum absolute atomic E-state index is 0.819. The quantitative estimate of drug-likeness (QED) is 0.286. The molecule has 0 unspecified atom stereocenters. The lowest BCUT2D eigenvalue weighted by Crippen LogP contribution is -2.37. The van der Waals surface area contributed by atoms with Gasteiger partial charge in [-0.1, -0.05) is 23.2 Å². The van der Waals surface area contributed by atoms with Crippen molar-refractivity contribution >= 4 is 35.0 Å². The molecule has 0 bridgehead atoms. The fraction of sp³-hybridized carbons (Fsp3) is 0.333. The van der Waals surface area contributed by atoms with E-state index in [1.54, 1.807) is 0 Å². The van der Waals surface area contributed by atoms with E-state index in [1.807, 2.05) is 10.6 Å². The summed E-state index contributed by atoms with van der Waals surface area (Å²) in [6.45, 7) is 0. The molecule has 4 nitrogen and oxygen atoms in total. The highest BCUT2D eigenvalue weighted by Crippen LogP contribution is 2.15. The lowest BCUT2D eigenvalue weighted by molar-refractivity contribution is -0.135. The third-order valence-electron chi connectivity index (χ3n) is 0.747. The Morgan fingerprint density at radius 2 is 1.44 bits per heavy atom. The van der Waals surface area contributed by atoms with Gasteiger partial charge < -0.3 is 0 Å². The number of carbonyl (C=O) groups is 2. The molecule has 1 aliphatic rings. The summed E-state index contributed by atoms with van der Waals surface area (Å²) >= 11 is 10.5. The van der Waals surface area contributed by atoms with Crippen LogP contribution < -0.4 is 10.6 Å². The molecule has 0 atom stereocenters. The minimum atomic E-state index is -1.62. The monoisotopic (exact) mass is 168 g/mol. The van der Waals surface area contributed by atoms with Crippen LogP contribution in [0.4, 0.5) is 0 Å². The summed E-state index contributed by atoms with van der Waals surface area (Å²) in [4.78, 5) is 20.6. The van der Waals surface area contributed by atoms with Crippen molar-refractivity contribution < 1.29 is 9.59 Å². The van der Waals surface area contributed by atoms with Gasteiger partial charge >= 0.3 is 11.8 Å². The molecule has 1 rings (SSSR count). The number of hydrogen-bond donors (Lipinski definition) is 2. The van der Waals surface area contributed by atoms with Gasteiger partial charge in [0, 0.05) is 0 Å². The zero-order valence-electron chi connectivity index (χ0n) is 4.07. The molecule has 1 saturated heterocycles. The van der Waals surface area contributed by atoms with Crippen molar-refractivity contribution in [2.45, 2.75) is 4.58 Å². The fourth-order valence-electron chi connectivity index (χ4n) is 0.430. The molecular formula is C3H2Cl2N2O2. The van der Waals surface area contributed by atoms with E-state index in [0.717, 1.165) is 0 Å². The molecule has 0 aromatic heterocycles. The second-order valence-corrected chi connectivity index (χ2v) is 2.81. The van der Waals surface area contributed by atoms with Gasteiger partial charge in [-0.2, -0.15) is 0 Å². The Kier molecular flexibility index (Phi) is 1.29. The maximum Gasteiger partial charge on any atom is 0.313 e. The summed E-state index contributed by atoms with van der Waals surface area (Å²) < 4.78 is -1.62. The van der Waals surface area contributed by atoms with Gasteiger partial charge in [0.25, 0.3) is 4.58 Å². The highest BCUT2D eigenvalue weighted by molar-refractivity contribution is 6.55. The van der Waals surface area contributed by atoms with Crippen molar-refractivity contribution in [1.29, 1.82) is 0 Å². The van der Waals surface area contributed by atoms with Gasteiger partial charge in [0.1, 0.15) is 0 Å². The van der Waals surface area contributed by atoms with Gasteiger partial charge in [0.2, 0.25) is 0 Å². The van der Waals surface area contributed by atoms with Crippen molar-refractivity contribution in [3.8, 4) is 0 Å². The number of alkyl halides is 2. The molecule has 0 saturated carbocycles. The maximum absolute atomic E-state index is 10.3. The molecule has 1 fully saturated rings. The first kappa shape index (κ1) is 6.64. The lowest BCUT2D eigenvalue weighted by atomic mass is 10.6. The van der Waals surface area contributed by atoms with Crippen molar-refractivity contribution in [3.05, 3.63) is 0 Å². The highest BCUT2D eigenvalue weighted by atomic mass is 35.5. The van der Waals surface area contributed by atoms with Crippen LogP contribution in [-0.4, -0.2) is 16.4 Å². The van der Waals surface area contributed by atoms with Gasteiger partial charge in [-0.3, -0.25) is 20.2 Å². The Bertz CT molecular complexity index is 161. The summed E-state index contributed by atoms with van der Waals surface area (Å²) in [6.07, 6.45) is 0. The molecule has 0 aromatic carbocycles. The summed E-state index contributed by atoms with van der Waals surface area (Å²) in [5, 5.41) is 3.95. The number of rotatable bonds is 0. The summed E-state index contributed by atoms with van der Waals surface area (Å²) in [5.74, 6) is -1.64. The zero-order chi connectivity index (χ0) is 7.07. The largest absolute Gasteiger partial charge is 0.313 e. The predicted octanol–water partition coefficient (Wildman–Crippen LogP) is -0.679. The van der Waals surface area contributed by atoms with Crippen LogP contribution in [0.5, 0.6) is 0 Å². The van der Waals surface area contributed by atoms with Crippen molar-refractivity contribution in [2.24, 2.45) is 0 Å². The van der Waals surface area contributed by atoms with Crippen LogP contribution in [0, 0.1) is 0 Å². The molecule has 2 amide bonds. The molecule has 0 spiro atoms. The van der Waals surface area contributed by atoms with Crippen LogP contribution in [0.3, 0.4) is 0 Å². The van der Waals surface area contributed by atoms with Crippen LogP contribution in [0.1, 0.15) is 0 Å². The van der Waals surface area contributed by atoms with Crippen LogP contribution in [0.2, 0.25) is 0 Å². The van der Waals surface area contributed by atoms with Gasteiger partial charge in [-0.25, -0.2) is 0 Å². The molecule has 1 heterocycles. The average Bonchev–Trinajstić information content (AvgIpc) is 1.79. The van der Waals surface area contributed by atoms with Crippen LogP contribution in [-0.2, 0) is 9.59 Å². The average molecular weight is 169 g/mol. The number of amides is 2. The Balaban J connectivity index is 2.76. The molecule has 9 heavy (non-hydrogen) atoms. The SMILES string of the molecule is O=C1NC(Cl)(Cl)NC1=O. The molecule has 2 N–H and O–H groups in total. The van der Waals surface area contributed by atoms with Crippen molar-refractivity contribution in [2.75, 3.05) is 0 Å². The van der Waals surface area contributed by atoms with Gasteiger partial charge in [0.15, 0.2) is 0 Å². The third-order valence-corrected chi connectivity index (χ3v) is 1.13.